The van der Waals surface area contributed by atoms with Crippen molar-refractivity contribution in [1.82, 2.24) is 0 Å². The van der Waals surface area contributed by atoms with Crippen LogP contribution in [0.15, 0.2) is 47.1 Å². The minimum atomic E-state index is 0.177. The van der Waals surface area contributed by atoms with Crippen LogP contribution in [0, 0.1) is 0 Å². The number of nitrogens with zero attached hydrogens (tertiary/aromatic N) is 1. The van der Waals surface area contributed by atoms with Crippen LogP contribution in [-0.2, 0) is 17.6 Å². The number of amides is 1. The van der Waals surface area contributed by atoms with E-state index < -0.39 is 0 Å². The lowest BCUT2D eigenvalue weighted by atomic mass is 10.2. The maximum Gasteiger partial charge on any atom is 0.227 e. The molecule has 0 N–H and O–H groups in total. The molecule has 1 aromatic carbocycles. The summed E-state index contributed by atoms with van der Waals surface area (Å²) < 4.78 is 5.25. The number of benzene rings is 1. The lowest BCUT2D eigenvalue weighted by molar-refractivity contribution is -0.118. The molecule has 2 aromatic rings. The summed E-state index contributed by atoms with van der Waals surface area (Å²) in [5.41, 5.74) is 2.34. The van der Waals surface area contributed by atoms with Gasteiger partial charge in [0.15, 0.2) is 0 Å². The molecule has 0 spiro atoms. The number of hydrogen-bond donors (Lipinski definition) is 0. The molecule has 1 amide bonds. The third kappa shape index (κ3) is 2.04. The Morgan fingerprint density at radius 3 is 2.94 bits per heavy atom. The number of furan rings is 1. The first-order chi connectivity index (χ1) is 8.84. The predicted octanol–water partition coefficient (Wildman–Crippen LogP) is 2.80. The molecule has 1 aromatic heterocycles. The highest BCUT2D eigenvalue weighted by atomic mass is 16.3. The molecule has 0 bridgehead atoms. The van der Waals surface area contributed by atoms with E-state index >= 15 is 0 Å². The second kappa shape index (κ2) is 4.69. The Balaban J connectivity index is 1.67. The zero-order valence-electron chi connectivity index (χ0n) is 10.1. The van der Waals surface area contributed by atoms with Crippen molar-refractivity contribution in [3.63, 3.8) is 0 Å². The van der Waals surface area contributed by atoms with Crippen LogP contribution in [0.3, 0.4) is 0 Å². The number of rotatable bonds is 3. The van der Waals surface area contributed by atoms with Gasteiger partial charge < -0.3 is 9.32 Å². The zero-order chi connectivity index (χ0) is 12.4. The van der Waals surface area contributed by atoms with Crippen molar-refractivity contribution < 1.29 is 9.21 Å². The van der Waals surface area contributed by atoms with Crippen LogP contribution in [0.25, 0.3) is 0 Å². The number of hydrogen-bond acceptors (Lipinski definition) is 2. The van der Waals surface area contributed by atoms with E-state index in [-0.39, 0.29) is 5.91 Å². The number of carbonyl (C=O) groups excluding carboxylic acids is 1. The van der Waals surface area contributed by atoms with E-state index in [1.54, 1.807) is 6.26 Å². The average Bonchev–Trinajstić information content (AvgIpc) is 3.05. The Morgan fingerprint density at radius 1 is 1.22 bits per heavy atom. The maximum atomic E-state index is 12.2. The monoisotopic (exact) mass is 241 g/mol. The molecule has 92 valence electrons. The van der Waals surface area contributed by atoms with Crippen molar-refractivity contribution in [3.05, 3.63) is 54.0 Å². The number of para-hydroxylation sites is 1. The summed E-state index contributed by atoms with van der Waals surface area (Å²) in [4.78, 5) is 14.1. The maximum absolute atomic E-state index is 12.2. The number of fused-ring (bicyclic) bond motifs is 1. The summed E-state index contributed by atoms with van der Waals surface area (Å²) in [5, 5.41) is 0. The van der Waals surface area contributed by atoms with Gasteiger partial charge in [-0.05, 0) is 30.2 Å². The van der Waals surface area contributed by atoms with Crippen LogP contribution in [0.4, 0.5) is 5.69 Å². The van der Waals surface area contributed by atoms with Gasteiger partial charge in [0.1, 0.15) is 5.76 Å². The van der Waals surface area contributed by atoms with Crippen LogP contribution >= 0.6 is 0 Å². The molecule has 0 saturated carbocycles. The molecular formula is C15H15NO2. The smallest absolute Gasteiger partial charge is 0.227 e. The Labute approximate surface area is 106 Å². The third-order valence-electron chi connectivity index (χ3n) is 3.35. The molecule has 0 saturated heterocycles. The molecule has 0 radical (unpaired) electrons. The molecule has 0 atom stereocenters. The molecule has 18 heavy (non-hydrogen) atoms. The van der Waals surface area contributed by atoms with Crippen LogP contribution in [0.5, 0.6) is 0 Å². The van der Waals surface area contributed by atoms with E-state index in [2.05, 4.69) is 6.07 Å². The van der Waals surface area contributed by atoms with Crippen molar-refractivity contribution in [2.24, 2.45) is 0 Å². The van der Waals surface area contributed by atoms with Crippen molar-refractivity contribution >= 4 is 11.6 Å². The van der Waals surface area contributed by atoms with Crippen LogP contribution in [0.1, 0.15) is 17.7 Å². The molecule has 0 aliphatic carbocycles. The van der Waals surface area contributed by atoms with Gasteiger partial charge in [-0.2, -0.15) is 0 Å². The van der Waals surface area contributed by atoms with Gasteiger partial charge in [-0.15, -0.1) is 0 Å². The first-order valence-electron chi connectivity index (χ1n) is 6.25. The van der Waals surface area contributed by atoms with E-state index in [0.717, 1.165) is 24.4 Å². The molecule has 1 aliphatic heterocycles. The van der Waals surface area contributed by atoms with E-state index in [4.69, 9.17) is 4.42 Å². The molecule has 1 aliphatic rings. The molecule has 3 heteroatoms. The summed E-state index contributed by atoms with van der Waals surface area (Å²) >= 11 is 0. The Bertz CT molecular complexity index is 545. The van der Waals surface area contributed by atoms with Gasteiger partial charge in [0.05, 0.1) is 6.26 Å². The fourth-order valence-electron chi connectivity index (χ4n) is 2.42. The highest BCUT2D eigenvalue weighted by molar-refractivity contribution is 5.95. The molecule has 0 unspecified atom stereocenters. The van der Waals surface area contributed by atoms with Crippen LogP contribution in [-0.4, -0.2) is 12.5 Å². The summed E-state index contributed by atoms with van der Waals surface area (Å²) in [6.07, 6.45) is 3.78. The Morgan fingerprint density at radius 2 is 2.11 bits per heavy atom. The van der Waals surface area contributed by atoms with Crippen LogP contribution < -0.4 is 4.90 Å². The Hall–Kier alpha value is -2.03. The summed E-state index contributed by atoms with van der Waals surface area (Å²) in [5.74, 6) is 1.05. The first-order valence-corrected chi connectivity index (χ1v) is 6.25. The van der Waals surface area contributed by atoms with Crippen molar-refractivity contribution in [2.45, 2.75) is 19.3 Å². The van der Waals surface area contributed by atoms with Crippen LogP contribution in [0.2, 0.25) is 0 Å². The van der Waals surface area contributed by atoms with E-state index in [1.807, 2.05) is 35.2 Å². The normalized spacial score (nSPS) is 13.7. The summed E-state index contributed by atoms with van der Waals surface area (Å²) in [6.45, 7) is 0.802. The minimum absolute atomic E-state index is 0.177. The quantitative estimate of drug-likeness (QED) is 0.828. The molecule has 3 rings (SSSR count). The highest BCUT2D eigenvalue weighted by Gasteiger charge is 2.23. The predicted molar refractivity (Wildman–Crippen MR) is 69.5 cm³/mol. The van der Waals surface area contributed by atoms with E-state index in [9.17, 15) is 4.79 Å². The topological polar surface area (TPSA) is 33.5 Å². The summed E-state index contributed by atoms with van der Waals surface area (Å²) in [7, 11) is 0. The van der Waals surface area contributed by atoms with Gasteiger partial charge in [0.2, 0.25) is 5.91 Å². The van der Waals surface area contributed by atoms with Crippen molar-refractivity contribution in [1.29, 1.82) is 0 Å². The fourth-order valence-corrected chi connectivity index (χ4v) is 2.42. The van der Waals surface area contributed by atoms with E-state index in [1.165, 1.54) is 5.56 Å². The number of carbonyl (C=O) groups is 1. The lowest BCUT2D eigenvalue weighted by Gasteiger charge is -2.16. The lowest BCUT2D eigenvalue weighted by Crippen LogP contribution is -2.28. The third-order valence-corrected chi connectivity index (χ3v) is 3.35. The van der Waals surface area contributed by atoms with Gasteiger partial charge in [-0.25, -0.2) is 0 Å². The Kier molecular flexibility index (Phi) is 2.89. The van der Waals surface area contributed by atoms with Gasteiger partial charge in [0, 0.05) is 25.1 Å². The largest absolute Gasteiger partial charge is 0.469 e. The van der Waals surface area contributed by atoms with Gasteiger partial charge in [-0.1, -0.05) is 18.2 Å². The SMILES string of the molecule is O=C(CCc1ccco1)N1CCc2ccccc21. The first kappa shape index (κ1) is 11.1. The molecule has 0 fully saturated rings. The fraction of sp³-hybridized carbons (Fsp3) is 0.267. The molecule has 3 nitrogen and oxygen atoms in total. The summed E-state index contributed by atoms with van der Waals surface area (Å²) in [6, 6.07) is 11.9. The molecular weight excluding hydrogens is 226 g/mol. The van der Waals surface area contributed by atoms with E-state index in [0.29, 0.717) is 12.8 Å². The highest BCUT2D eigenvalue weighted by Crippen LogP contribution is 2.28. The average molecular weight is 241 g/mol. The van der Waals surface area contributed by atoms with Gasteiger partial charge in [-0.3, -0.25) is 4.79 Å². The number of anilines is 1. The van der Waals surface area contributed by atoms with Crippen molar-refractivity contribution in [3.8, 4) is 0 Å². The zero-order valence-corrected chi connectivity index (χ0v) is 10.1. The van der Waals surface area contributed by atoms with Gasteiger partial charge >= 0.3 is 0 Å². The van der Waals surface area contributed by atoms with Crippen molar-refractivity contribution in [2.75, 3.05) is 11.4 Å². The van der Waals surface area contributed by atoms with Gasteiger partial charge in [0.25, 0.3) is 0 Å². The molecule has 2 heterocycles. The minimum Gasteiger partial charge on any atom is -0.469 e. The number of aryl methyl sites for hydroxylation is 1. The second-order valence-electron chi connectivity index (χ2n) is 4.50. The second-order valence-corrected chi connectivity index (χ2v) is 4.50. The standard InChI is InChI=1S/C15H15NO2/c17-15(8-7-13-5-3-11-18-13)16-10-9-12-4-1-2-6-14(12)16/h1-6,11H,7-10H2.